The maximum Gasteiger partial charge on any atom is 0.253 e. The fourth-order valence-corrected chi connectivity index (χ4v) is 2.91. The zero-order valence-electron chi connectivity index (χ0n) is 13.5. The molecule has 1 heterocycles. The number of carbonyl (C=O) groups excluding carboxylic acids is 1. The predicted octanol–water partition coefficient (Wildman–Crippen LogP) is 1.51. The third kappa shape index (κ3) is 3.77. The van der Waals surface area contributed by atoms with Crippen molar-refractivity contribution in [3.8, 4) is 0 Å². The lowest BCUT2D eigenvalue weighted by Crippen LogP contribution is -2.26. The topological polar surface area (TPSA) is 83.7 Å². The lowest BCUT2D eigenvalue weighted by atomic mass is 10.2. The maximum atomic E-state index is 12.4. The van der Waals surface area contributed by atoms with Crippen LogP contribution in [0, 0.1) is 6.92 Å². The number of sulfonamides is 1. The standard InChI is InChI=1S/C15H19N3O4S/c1-11-9-13(16-22-11)10-18(4)15(19)12-5-7-14(8-6-12)23(20,21)17(2)3/h5-9H,10H2,1-4H3. The van der Waals surface area contributed by atoms with Gasteiger partial charge in [-0.05, 0) is 31.2 Å². The van der Waals surface area contributed by atoms with Crippen LogP contribution in [-0.2, 0) is 16.6 Å². The van der Waals surface area contributed by atoms with E-state index in [1.54, 1.807) is 20.0 Å². The van der Waals surface area contributed by atoms with Crippen molar-refractivity contribution >= 4 is 15.9 Å². The molecule has 0 aliphatic carbocycles. The first kappa shape index (κ1) is 17.2. The summed E-state index contributed by atoms with van der Waals surface area (Å²) in [5.74, 6) is 0.457. The first-order valence-electron chi connectivity index (χ1n) is 6.92. The summed E-state index contributed by atoms with van der Waals surface area (Å²) in [4.78, 5) is 14.0. The number of aryl methyl sites for hydroxylation is 1. The summed E-state index contributed by atoms with van der Waals surface area (Å²) in [6.45, 7) is 2.09. The van der Waals surface area contributed by atoms with Crippen molar-refractivity contribution < 1.29 is 17.7 Å². The molecule has 8 heteroatoms. The third-order valence-corrected chi connectivity index (χ3v) is 5.13. The molecule has 0 aliphatic rings. The second-order valence-corrected chi connectivity index (χ2v) is 7.55. The summed E-state index contributed by atoms with van der Waals surface area (Å²) in [6, 6.07) is 7.62. The molecule has 0 fully saturated rings. The number of rotatable bonds is 5. The highest BCUT2D eigenvalue weighted by atomic mass is 32.2. The van der Waals surface area contributed by atoms with Gasteiger partial charge in [0.25, 0.3) is 5.91 Å². The molecule has 7 nitrogen and oxygen atoms in total. The maximum absolute atomic E-state index is 12.4. The minimum Gasteiger partial charge on any atom is -0.361 e. The van der Waals surface area contributed by atoms with Gasteiger partial charge < -0.3 is 9.42 Å². The minimum absolute atomic E-state index is 0.147. The lowest BCUT2D eigenvalue weighted by molar-refractivity contribution is 0.0782. The van der Waals surface area contributed by atoms with Gasteiger partial charge in [-0.15, -0.1) is 0 Å². The van der Waals surface area contributed by atoms with Crippen LogP contribution >= 0.6 is 0 Å². The smallest absolute Gasteiger partial charge is 0.253 e. The van der Waals surface area contributed by atoms with Gasteiger partial charge in [-0.2, -0.15) is 0 Å². The Kier molecular flexibility index (Phi) is 4.86. The van der Waals surface area contributed by atoms with E-state index < -0.39 is 10.0 Å². The summed E-state index contributed by atoms with van der Waals surface area (Å²) in [7, 11) is 1.07. The molecule has 1 amide bonds. The normalized spacial score (nSPS) is 11.7. The molecule has 0 spiro atoms. The van der Waals surface area contributed by atoms with Gasteiger partial charge in [0.15, 0.2) is 0 Å². The molecule has 124 valence electrons. The Morgan fingerprint density at radius 3 is 2.26 bits per heavy atom. The van der Waals surface area contributed by atoms with E-state index in [1.807, 2.05) is 0 Å². The predicted molar refractivity (Wildman–Crippen MR) is 84.4 cm³/mol. The number of nitrogens with zero attached hydrogens (tertiary/aromatic N) is 3. The summed E-state index contributed by atoms with van der Waals surface area (Å²) >= 11 is 0. The molecule has 2 aromatic rings. The van der Waals surface area contributed by atoms with Gasteiger partial charge in [-0.1, -0.05) is 5.16 Å². The van der Waals surface area contributed by atoms with Gasteiger partial charge in [0, 0.05) is 32.8 Å². The van der Waals surface area contributed by atoms with Crippen molar-refractivity contribution in [2.75, 3.05) is 21.1 Å². The lowest BCUT2D eigenvalue weighted by Gasteiger charge is -2.16. The van der Waals surface area contributed by atoms with E-state index in [4.69, 9.17) is 4.52 Å². The van der Waals surface area contributed by atoms with E-state index in [2.05, 4.69) is 5.16 Å². The first-order chi connectivity index (χ1) is 10.7. The molecule has 23 heavy (non-hydrogen) atoms. The number of amides is 1. The van der Waals surface area contributed by atoms with Gasteiger partial charge in [0.05, 0.1) is 11.4 Å². The van der Waals surface area contributed by atoms with Gasteiger partial charge >= 0.3 is 0 Å². The van der Waals surface area contributed by atoms with Crippen LogP contribution in [0.5, 0.6) is 0 Å². The van der Waals surface area contributed by atoms with Crippen molar-refractivity contribution in [1.29, 1.82) is 0 Å². The van der Waals surface area contributed by atoms with Gasteiger partial charge in [-0.25, -0.2) is 12.7 Å². The monoisotopic (exact) mass is 337 g/mol. The number of aromatic nitrogens is 1. The molecule has 0 N–H and O–H groups in total. The van der Waals surface area contributed by atoms with Crippen LogP contribution in [0.3, 0.4) is 0 Å². The Labute approximate surface area is 135 Å². The number of carbonyl (C=O) groups is 1. The van der Waals surface area contributed by atoms with Crippen LogP contribution in [-0.4, -0.2) is 49.8 Å². The summed E-state index contributed by atoms with van der Waals surface area (Å²) in [5, 5.41) is 3.84. The van der Waals surface area contributed by atoms with E-state index in [0.29, 0.717) is 23.6 Å². The fraction of sp³-hybridized carbons (Fsp3) is 0.333. The van der Waals surface area contributed by atoms with Crippen LogP contribution in [0.25, 0.3) is 0 Å². The third-order valence-electron chi connectivity index (χ3n) is 3.30. The van der Waals surface area contributed by atoms with E-state index in [9.17, 15) is 13.2 Å². The molecule has 0 bridgehead atoms. The fourth-order valence-electron chi connectivity index (χ4n) is 2.01. The van der Waals surface area contributed by atoms with E-state index in [-0.39, 0.29) is 10.8 Å². The van der Waals surface area contributed by atoms with Crippen LogP contribution in [0.1, 0.15) is 21.8 Å². The Hall–Kier alpha value is -2.19. The van der Waals surface area contributed by atoms with Crippen molar-refractivity contribution in [1.82, 2.24) is 14.4 Å². The van der Waals surface area contributed by atoms with Gasteiger partial charge in [0.2, 0.25) is 10.0 Å². The van der Waals surface area contributed by atoms with Gasteiger partial charge in [-0.3, -0.25) is 4.79 Å². The Balaban J connectivity index is 2.14. The summed E-state index contributed by atoms with van der Waals surface area (Å²) < 4.78 is 30.1. The SMILES string of the molecule is Cc1cc(CN(C)C(=O)c2ccc(S(=O)(=O)N(C)C)cc2)no1. The Morgan fingerprint density at radius 1 is 1.17 bits per heavy atom. The van der Waals surface area contributed by atoms with Crippen LogP contribution in [0.15, 0.2) is 39.8 Å². The molecule has 0 saturated heterocycles. The molecule has 0 aliphatic heterocycles. The Bertz CT molecular complexity index is 794. The van der Waals surface area contributed by atoms with Crippen LogP contribution in [0.2, 0.25) is 0 Å². The molecular weight excluding hydrogens is 318 g/mol. The second-order valence-electron chi connectivity index (χ2n) is 5.40. The molecule has 2 rings (SSSR count). The van der Waals surface area contributed by atoms with Crippen molar-refractivity contribution in [3.05, 3.63) is 47.3 Å². The van der Waals surface area contributed by atoms with Gasteiger partial charge in [0.1, 0.15) is 11.5 Å². The van der Waals surface area contributed by atoms with E-state index >= 15 is 0 Å². The highest BCUT2D eigenvalue weighted by Crippen LogP contribution is 2.15. The first-order valence-corrected chi connectivity index (χ1v) is 8.36. The molecule has 0 atom stereocenters. The quantitative estimate of drug-likeness (QED) is 0.826. The number of benzene rings is 1. The average molecular weight is 337 g/mol. The molecule has 0 unspecified atom stereocenters. The molecule has 0 radical (unpaired) electrons. The van der Waals surface area contributed by atoms with Crippen molar-refractivity contribution in [2.45, 2.75) is 18.4 Å². The Morgan fingerprint density at radius 2 is 1.78 bits per heavy atom. The van der Waals surface area contributed by atoms with E-state index in [1.165, 1.54) is 43.3 Å². The minimum atomic E-state index is -3.50. The molecule has 0 saturated carbocycles. The van der Waals surface area contributed by atoms with Crippen LogP contribution < -0.4 is 0 Å². The highest BCUT2D eigenvalue weighted by Gasteiger charge is 2.19. The highest BCUT2D eigenvalue weighted by molar-refractivity contribution is 7.89. The second kappa shape index (κ2) is 6.51. The summed E-state index contributed by atoms with van der Waals surface area (Å²) in [6.07, 6.45) is 0. The molecular formula is C15H19N3O4S. The summed E-state index contributed by atoms with van der Waals surface area (Å²) in [5.41, 5.74) is 1.07. The average Bonchev–Trinajstić information content (AvgIpc) is 2.91. The zero-order valence-corrected chi connectivity index (χ0v) is 14.3. The number of hydrogen-bond donors (Lipinski definition) is 0. The van der Waals surface area contributed by atoms with Crippen molar-refractivity contribution in [2.24, 2.45) is 0 Å². The molecule has 1 aromatic heterocycles. The molecule has 1 aromatic carbocycles. The number of hydrogen-bond acceptors (Lipinski definition) is 5. The zero-order chi connectivity index (χ0) is 17.2. The van der Waals surface area contributed by atoms with Crippen molar-refractivity contribution in [3.63, 3.8) is 0 Å². The van der Waals surface area contributed by atoms with E-state index in [0.717, 1.165) is 4.31 Å². The van der Waals surface area contributed by atoms with Crippen LogP contribution in [0.4, 0.5) is 0 Å². The largest absolute Gasteiger partial charge is 0.361 e.